The van der Waals surface area contributed by atoms with Crippen molar-refractivity contribution in [3.63, 3.8) is 0 Å². The lowest BCUT2D eigenvalue weighted by Crippen LogP contribution is -2.46. The molecule has 0 amide bonds. The van der Waals surface area contributed by atoms with E-state index < -0.39 is 5.60 Å². The van der Waals surface area contributed by atoms with Gasteiger partial charge in [0.1, 0.15) is 0 Å². The number of hydrogen-bond acceptors (Lipinski definition) is 5. The Balaban J connectivity index is 1.59. The fourth-order valence-corrected chi connectivity index (χ4v) is 2.67. The first-order valence-corrected chi connectivity index (χ1v) is 7.40. The Morgan fingerprint density at radius 3 is 2.74 bits per heavy atom. The van der Waals surface area contributed by atoms with E-state index in [1.807, 2.05) is 7.05 Å². The van der Waals surface area contributed by atoms with Crippen molar-refractivity contribution >= 4 is 0 Å². The molecule has 2 saturated heterocycles. The highest BCUT2D eigenvalue weighted by atomic mass is 16.7. The van der Waals surface area contributed by atoms with Crippen molar-refractivity contribution in [2.45, 2.75) is 44.0 Å². The molecule has 0 spiro atoms. The predicted molar refractivity (Wildman–Crippen MR) is 72.0 cm³/mol. The van der Waals surface area contributed by atoms with E-state index in [2.05, 4.69) is 4.90 Å². The molecule has 19 heavy (non-hydrogen) atoms. The maximum absolute atomic E-state index is 10.4. The summed E-state index contributed by atoms with van der Waals surface area (Å²) >= 11 is 0. The van der Waals surface area contributed by atoms with Crippen molar-refractivity contribution in [1.82, 2.24) is 4.90 Å². The summed E-state index contributed by atoms with van der Waals surface area (Å²) < 4.78 is 16.5. The van der Waals surface area contributed by atoms with Gasteiger partial charge in [-0.1, -0.05) is 0 Å². The zero-order valence-electron chi connectivity index (χ0n) is 12.0. The highest BCUT2D eigenvalue weighted by Gasteiger charge is 2.30. The van der Waals surface area contributed by atoms with Crippen molar-refractivity contribution < 1.29 is 19.3 Å². The van der Waals surface area contributed by atoms with Gasteiger partial charge < -0.3 is 24.2 Å². The number of rotatable bonds is 6. The second-order valence-electron chi connectivity index (χ2n) is 5.74. The van der Waals surface area contributed by atoms with E-state index in [9.17, 15) is 5.11 Å². The van der Waals surface area contributed by atoms with Gasteiger partial charge in [0.05, 0.1) is 12.2 Å². The lowest BCUT2D eigenvalue weighted by Gasteiger charge is -2.35. The minimum atomic E-state index is -0.589. The van der Waals surface area contributed by atoms with E-state index in [1.54, 1.807) is 0 Å². The second-order valence-corrected chi connectivity index (χ2v) is 5.74. The Kier molecular flexibility index (Phi) is 6.04. The molecule has 0 radical (unpaired) electrons. The molecular formula is C14H27NO4. The van der Waals surface area contributed by atoms with Crippen LogP contribution in [0.15, 0.2) is 0 Å². The first kappa shape index (κ1) is 15.2. The van der Waals surface area contributed by atoms with E-state index in [-0.39, 0.29) is 6.29 Å². The molecule has 1 unspecified atom stereocenters. The van der Waals surface area contributed by atoms with Gasteiger partial charge in [-0.05, 0) is 26.3 Å². The molecule has 2 heterocycles. The van der Waals surface area contributed by atoms with E-state index in [0.717, 1.165) is 38.8 Å². The van der Waals surface area contributed by atoms with Gasteiger partial charge in [0.25, 0.3) is 0 Å². The van der Waals surface area contributed by atoms with Gasteiger partial charge in [-0.25, -0.2) is 0 Å². The highest BCUT2D eigenvalue weighted by Crippen LogP contribution is 2.21. The van der Waals surface area contributed by atoms with Crippen LogP contribution in [-0.4, -0.2) is 68.5 Å². The van der Waals surface area contributed by atoms with E-state index in [4.69, 9.17) is 14.2 Å². The molecular weight excluding hydrogens is 246 g/mol. The van der Waals surface area contributed by atoms with Crippen LogP contribution in [0.2, 0.25) is 0 Å². The summed E-state index contributed by atoms with van der Waals surface area (Å²) in [6.07, 6.45) is 4.78. The Labute approximate surface area is 115 Å². The van der Waals surface area contributed by atoms with Gasteiger partial charge in [0.15, 0.2) is 6.29 Å². The van der Waals surface area contributed by atoms with Crippen LogP contribution in [-0.2, 0) is 14.2 Å². The standard InChI is InChI=1S/C14H27NO4/c1-15(12-14(16)5-9-17-10-6-14)7-11-19-13-4-2-3-8-18-13/h13,16H,2-12H2,1H3. The summed E-state index contributed by atoms with van der Waals surface area (Å²) in [6, 6.07) is 0. The average Bonchev–Trinajstić information content (AvgIpc) is 2.40. The number of ether oxygens (including phenoxy) is 3. The SMILES string of the molecule is CN(CCOC1CCCCO1)CC1(O)CCOCC1. The van der Waals surface area contributed by atoms with Gasteiger partial charge >= 0.3 is 0 Å². The first-order chi connectivity index (χ1) is 9.18. The zero-order chi connectivity index (χ0) is 13.6. The molecule has 2 aliphatic heterocycles. The van der Waals surface area contributed by atoms with Gasteiger partial charge in [-0.2, -0.15) is 0 Å². The van der Waals surface area contributed by atoms with Gasteiger partial charge in [-0.15, -0.1) is 0 Å². The molecule has 1 atom stereocenters. The summed E-state index contributed by atoms with van der Waals surface area (Å²) in [5.41, 5.74) is -0.589. The smallest absolute Gasteiger partial charge is 0.157 e. The van der Waals surface area contributed by atoms with Gasteiger partial charge in [0, 0.05) is 45.8 Å². The van der Waals surface area contributed by atoms with Crippen LogP contribution >= 0.6 is 0 Å². The third kappa shape index (κ3) is 5.36. The van der Waals surface area contributed by atoms with Gasteiger partial charge in [0.2, 0.25) is 0 Å². The van der Waals surface area contributed by atoms with E-state index in [1.165, 1.54) is 6.42 Å². The summed E-state index contributed by atoms with van der Waals surface area (Å²) in [5.74, 6) is 0. The largest absolute Gasteiger partial charge is 0.388 e. The molecule has 1 N–H and O–H groups in total. The molecule has 2 aliphatic rings. The summed E-state index contributed by atoms with van der Waals surface area (Å²) in [7, 11) is 2.03. The zero-order valence-corrected chi connectivity index (χ0v) is 12.0. The normalized spacial score (nSPS) is 27.6. The molecule has 0 aromatic heterocycles. The lowest BCUT2D eigenvalue weighted by atomic mass is 9.94. The third-order valence-electron chi connectivity index (χ3n) is 3.90. The molecule has 0 bridgehead atoms. The molecule has 0 aromatic carbocycles. The number of nitrogens with zero attached hydrogens (tertiary/aromatic N) is 1. The molecule has 0 aromatic rings. The molecule has 5 nitrogen and oxygen atoms in total. The van der Waals surface area contributed by atoms with Crippen LogP contribution in [0.4, 0.5) is 0 Å². The fourth-order valence-electron chi connectivity index (χ4n) is 2.67. The topological polar surface area (TPSA) is 51.2 Å². The summed E-state index contributed by atoms with van der Waals surface area (Å²) in [6.45, 7) is 4.32. The van der Waals surface area contributed by atoms with Crippen LogP contribution in [0.1, 0.15) is 32.1 Å². The number of hydrogen-bond donors (Lipinski definition) is 1. The fraction of sp³-hybridized carbons (Fsp3) is 1.00. The Morgan fingerprint density at radius 2 is 2.05 bits per heavy atom. The van der Waals surface area contributed by atoms with Crippen molar-refractivity contribution in [3.8, 4) is 0 Å². The molecule has 2 fully saturated rings. The van der Waals surface area contributed by atoms with Gasteiger partial charge in [-0.3, -0.25) is 0 Å². The highest BCUT2D eigenvalue weighted by molar-refractivity contribution is 4.83. The lowest BCUT2D eigenvalue weighted by molar-refractivity contribution is -0.165. The van der Waals surface area contributed by atoms with Crippen molar-refractivity contribution in [1.29, 1.82) is 0 Å². The maximum Gasteiger partial charge on any atom is 0.157 e. The molecule has 5 heteroatoms. The Morgan fingerprint density at radius 1 is 1.26 bits per heavy atom. The second kappa shape index (κ2) is 7.55. The first-order valence-electron chi connectivity index (χ1n) is 7.40. The molecule has 0 aliphatic carbocycles. The van der Waals surface area contributed by atoms with Crippen LogP contribution in [0.25, 0.3) is 0 Å². The van der Waals surface area contributed by atoms with Crippen LogP contribution in [0.5, 0.6) is 0 Å². The minimum absolute atomic E-state index is 0.0201. The molecule has 2 rings (SSSR count). The van der Waals surface area contributed by atoms with E-state index in [0.29, 0.717) is 26.4 Å². The Hall–Kier alpha value is -0.200. The summed E-state index contributed by atoms with van der Waals surface area (Å²) in [4.78, 5) is 2.13. The van der Waals surface area contributed by atoms with Crippen LogP contribution < -0.4 is 0 Å². The minimum Gasteiger partial charge on any atom is -0.388 e. The van der Waals surface area contributed by atoms with E-state index >= 15 is 0 Å². The number of aliphatic hydroxyl groups is 1. The third-order valence-corrected chi connectivity index (χ3v) is 3.90. The quantitative estimate of drug-likeness (QED) is 0.782. The van der Waals surface area contributed by atoms with Crippen LogP contribution in [0.3, 0.4) is 0 Å². The van der Waals surface area contributed by atoms with Crippen LogP contribution in [0, 0.1) is 0 Å². The van der Waals surface area contributed by atoms with Crippen molar-refractivity contribution in [3.05, 3.63) is 0 Å². The number of likely N-dealkylation sites (N-methyl/N-ethyl adjacent to an activating group) is 1. The van der Waals surface area contributed by atoms with Crippen molar-refractivity contribution in [2.75, 3.05) is 46.6 Å². The molecule has 0 saturated carbocycles. The Bertz CT molecular complexity index is 250. The van der Waals surface area contributed by atoms with Crippen molar-refractivity contribution in [2.24, 2.45) is 0 Å². The monoisotopic (exact) mass is 273 g/mol. The predicted octanol–water partition coefficient (Wildman–Crippen LogP) is 1.00. The maximum atomic E-state index is 10.4. The molecule has 112 valence electrons. The average molecular weight is 273 g/mol. The summed E-state index contributed by atoms with van der Waals surface area (Å²) in [5, 5.41) is 10.4.